The third kappa shape index (κ3) is 2.85. The number of carbonyl (C=O) groups excluding carboxylic acids is 1. The maximum Gasteiger partial charge on any atom is 0.433 e. The molecule has 0 aliphatic heterocycles. The number of alkyl halides is 3. The Balaban J connectivity index is 1.89. The minimum Gasteiger partial charge on any atom is -0.296 e. The number of pyridine rings is 1. The van der Waals surface area contributed by atoms with Crippen molar-refractivity contribution in [2.45, 2.75) is 6.18 Å². The molecule has 0 unspecified atom stereocenters. The van der Waals surface area contributed by atoms with Gasteiger partial charge in [0.25, 0.3) is 5.91 Å². The van der Waals surface area contributed by atoms with E-state index in [0.29, 0.717) is 10.2 Å². The maximum absolute atomic E-state index is 12.6. The number of hydrogen-bond donors (Lipinski definition) is 1. The molecule has 0 atom stereocenters. The molecule has 3 rings (SSSR count). The lowest BCUT2D eigenvalue weighted by Crippen LogP contribution is -2.11. The number of carbonyl (C=O) groups is 1. The van der Waals surface area contributed by atoms with Crippen molar-refractivity contribution in [3.05, 3.63) is 34.5 Å². The summed E-state index contributed by atoms with van der Waals surface area (Å²) in [6.07, 6.45) is -3.48. The van der Waals surface area contributed by atoms with Gasteiger partial charge in [0.05, 0.1) is 16.4 Å². The summed E-state index contributed by atoms with van der Waals surface area (Å²) in [4.78, 5) is 23.0. The maximum atomic E-state index is 12.6. The monoisotopic (exact) mass is 330 g/mol. The van der Waals surface area contributed by atoms with Crippen LogP contribution in [0.1, 0.15) is 16.2 Å². The van der Waals surface area contributed by atoms with Crippen LogP contribution in [0.15, 0.2) is 23.2 Å². The van der Waals surface area contributed by atoms with Crippen LogP contribution < -0.4 is 5.32 Å². The molecule has 0 fully saturated rings. The number of nitrogens with one attached hydrogen (secondary N) is 1. The number of nitrogens with zero attached hydrogens (tertiary/aromatic N) is 3. The Morgan fingerprint density at radius 1 is 1.29 bits per heavy atom. The summed E-state index contributed by atoms with van der Waals surface area (Å²) < 4.78 is 38.0. The van der Waals surface area contributed by atoms with Gasteiger partial charge in [0, 0.05) is 5.38 Å². The Morgan fingerprint density at radius 3 is 2.76 bits per heavy atom. The number of anilines is 1. The van der Waals surface area contributed by atoms with Crippen LogP contribution in [0, 0.1) is 0 Å². The zero-order chi connectivity index (χ0) is 15.0. The van der Waals surface area contributed by atoms with Crippen LogP contribution >= 0.6 is 22.7 Å². The van der Waals surface area contributed by atoms with E-state index < -0.39 is 17.8 Å². The van der Waals surface area contributed by atoms with Gasteiger partial charge in [-0.1, -0.05) is 11.3 Å². The summed E-state index contributed by atoms with van der Waals surface area (Å²) in [5.41, 5.74) is 1.04. The van der Waals surface area contributed by atoms with E-state index in [1.54, 1.807) is 5.38 Å². The molecule has 1 N–H and O–H groups in total. The van der Waals surface area contributed by atoms with Crippen molar-refractivity contribution in [1.29, 1.82) is 0 Å². The summed E-state index contributed by atoms with van der Waals surface area (Å²) in [6.45, 7) is 0. The predicted molar refractivity (Wildman–Crippen MR) is 72.5 cm³/mol. The van der Waals surface area contributed by atoms with Crippen LogP contribution in [0.3, 0.4) is 0 Å². The molecule has 0 saturated carbocycles. The molecule has 0 radical (unpaired) electrons. The van der Waals surface area contributed by atoms with Gasteiger partial charge in [-0.15, -0.1) is 11.3 Å². The predicted octanol–water partition coefficient (Wildman–Crippen LogP) is 3.42. The Bertz CT molecular complexity index is 798. The molecule has 108 valence electrons. The molecule has 1 amide bonds. The van der Waals surface area contributed by atoms with E-state index in [0.717, 1.165) is 23.6 Å². The molecule has 3 aromatic heterocycles. The second kappa shape index (κ2) is 5.04. The molecule has 0 saturated heterocycles. The zero-order valence-electron chi connectivity index (χ0n) is 10.0. The topological polar surface area (TPSA) is 67.8 Å². The van der Waals surface area contributed by atoms with Gasteiger partial charge in [-0.25, -0.2) is 15.0 Å². The molecule has 3 aromatic rings. The van der Waals surface area contributed by atoms with Crippen molar-refractivity contribution >= 4 is 43.9 Å². The second-order valence-electron chi connectivity index (χ2n) is 3.88. The molecule has 0 aromatic carbocycles. The Kier molecular flexibility index (Phi) is 3.33. The van der Waals surface area contributed by atoms with Crippen LogP contribution in [0.2, 0.25) is 0 Å². The van der Waals surface area contributed by atoms with Gasteiger partial charge < -0.3 is 0 Å². The quantitative estimate of drug-likeness (QED) is 0.782. The molecule has 0 spiro atoms. The molecule has 0 aliphatic rings. The molecule has 3 heterocycles. The summed E-state index contributed by atoms with van der Waals surface area (Å²) in [6, 6.07) is 0.908. The fourth-order valence-electron chi connectivity index (χ4n) is 1.53. The Hall–Kier alpha value is -2.07. The minimum absolute atomic E-state index is 0.198. The van der Waals surface area contributed by atoms with E-state index in [4.69, 9.17) is 0 Å². The van der Waals surface area contributed by atoms with E-state index >= 15 is 0 Å². The summed E-state index contributed by atoms with van der Waals surface area (Å²) >= 11 is 2.21. The Labute approximate surface area is 123 Å². The fraction of sp³-hybridized carbons (Fsp3) is 0.0909. The molecule has 0 aliphatic carbocycles. The number of fused-ring (bicyclic) bond motifs is 1. The Morgan fingerprint density at radius 2 is 2.10 bits per heavy atom. The van der Waals surface area contributed by atoms with E-state index in [-0.39, 0.29) is 10.8 Å². The smallest absolute Gasteiger partial charge is 0.296 e. The number of rotatable bonds is 2. The minimum atomic E-state index is -4.51. The van der Waals surface area contributed by atoms with E-state index in [2.05, 4.69) is 20.3 Å². The van der Waals surface area contributed by atoms with Gasteiger partial charge in [0.2, 0.25) is 0 Å². The highest BCUT2D eigenvalue weighted by molar-refractivity contribution is 7.22. The summed E-state index contributed by atoms with van der Waals surface area (Å²) in [5.74, 6) is -0.459. The van der Waals surface area contributed by atoms with Crippen molar-refractivity contribution in [3.63, 3.8) is 0 Å². The number of halogens is 3. The fourth-order valence-corrected chi connectivity index (χ4v) is 2.93. The highest BCUT2D eigenvalue weighted by atomic mass is 32.1. The van der Waals surface area contributed by atoms with Crippen molar-refractivity contribution in [2.75, 3.05) is 5.32 Å². The average molecular weight is 330 g/mol. The first-order valence-electron chi connectivity index (χ1n) is 5.47. The molecular weight excluding hydrogens is 325 g/mol. The lowest BCUT2D eigenvalue weighted by molar-refractivity contribution is -0.141. The van der Waals surface area contributed by atoms with Gasteiger partial charge in [-0.3, -0.25) is 10.1 Å². The van der Waals surface area contributed by atoms with Gasteiger partial charge in [-0.2, -0.15) is 13.2 Å². The average Bonchev–Trinajstić information content (AvgIpc) is 3.05. The second-order valence-corrected chi connectivity index (χ2v) is 5.63. The van der Waals surface area contributed by atoms with Crippen molar-refractivity contribution < 1.29 is 18.0 Å². The SMILES string of the molecule is O=C(Nc1nc2cnc(C(F)(F)F)cc2s1)c1cscn1. The van der Waals surface area contributed by atoms with Crippen molar-refractivity contribution in [1.82, 2.24) is 15.0 Å². The van der Waals surface area contributed by atoms with Crippen molar-refractivity contribution in [3.8, 4) is 0 Å². The highest BCUT2D eigenvalue weighted by Gasteiger charge is 2.32. The van der Waals surface area contributed by atoms with Gasteiger partial charge in [-0.05, 0) is 6.07 Å². The third-order valence-electron chi connectivity index (χ3n) is 2.45. The third-order valence-corrected chi connectivity index (χ3v) is 3.97. The first kappa shape index (κ1) is 13.9. The number of amides is 1. The van der Waals surface area contributed by atoms with Gasteiger partial charge in [0.15, 0.2) is 5.13 Å². The first-order valence-corrected chi connectivity index (χ1v) is 7.23. The summed E-state index contributed by atoms with van der Waals surface area (Å²) in [5, 5.41) is 4.26. The summed E-state index contributed by atoms with van der Waals surface area (Å²) in [7, 11) is 0. The first-order chi connectivity index (χ1) is 9.93. The zero-order valence-corrected chi connectivity index (χ0v) is 11.6. The van der Waals surface area contributed by atoms with E-state index in [9.17, 15) is 18.0 Å². The number of aromatic nitrogens is 3. The van der Waals surface area contributed by atoms with Crippen molar-refractivity contribution in [2.24, 2.45) is 0 Å². The van der Waals surface area contributed by atoms with E-state index in [1.807, 2.05) is 0 Å². The molecular formula is C11H5F3N4OS2. The molecule has 21 heavy (non-hydrogen) atoms. The van der Waals surface area contributed by atoms with Crippen LogP contribution in [0.5, 0.6) is 0 Å². The standard InChI is InChI=1S/C11H5F3N4OS2/c12-11(13,14)8-1-7-5(2-15-8)17-10(21-7)18-9(19)6-3-20-4-16-6/h1-4H,(H,17,18,19). The lowest BCUT2D eigenvalue weighted by Gasteiger charge is -2.03. The van der Waals surface area contributed by atoms with Crippen LogP contribution in [0.25, 0.3) is 10.2 Å². The van der Waals surface area contributed by atoms with Crippen LogP contribution in [-0.4, -0.2) is 20.9 Å². The molecule has 5 nitrogen and oxygen atoms in total. The normalized spacial score (nSPS) is 11.8. The number of hydrogen-bond acceptors (Lipinski definition) is 6. The molecule has 0 bridgehead atoms. The lowest BCUT2D eigenvalue weighted by atomic mass is 10.3. The van der Waals surface area contributed by atoms with Crippen LogP contribution in [-0.2, 0) is 6.18 Å². The number of thiazole rings is 2. The van der Waals surface area contributed by atoms with Crippen LogP contribution in [0.4, 0.5) is 18.3 Å². The highest BCUT2D eigenvalue weighted by Crippen LogP contribution is 2.32. The van der Waals surface area contributed by atoms with Gasteiger partial charge in [0.1, 0.15) is 16.9 Å². The molecule has 10 heteroatoms. The van der Waals surface area contributed by atoms with E-state index in [1.165, 1.54) is 16.8 Å². The largest absolute Gasteiger partial charge is 0.433 e. The van der Waals surface area contributed by atoms with Gasteiger partial charge >= 0.3 is 6.18 Å².